The molecule has 2 aromatic heterocycles. The van der Waals surface area contributed by atoms with Gasteiger partial charge in [-0.2, -0.15) is 13.2 Å². The number of halogens is 3. The highest BCUT2D eigenvalue weighted by Crippen LogP contribution is 2.22. The van der Waals surface area contributed by atoms with Crippen molar-refractivity contribution in [2.75, 3.05) is 25.1 Å². The maximum absolute atomic E-state index is 12.1. The third-order valence-corrected chi connectivity index (χ3v) is 3.95. The Hall–Kier alpha value is -2.36. The van der Waals surface area contributed by atoms with Crippen molar-refractivity contribution in [2.24, 2.45) is 5.92 Å². The fourth-order valence-corrected chi connectivity index (χ4v) is 2.70. The van der Waals surface area contributed by atoms with Crippen LogP contribution < -0.4 is 10.7 Å². The number of nitrogens with zero attached hydrogens (tertiary/aromatic N) is 3. The van der Waals surface area contributed by atoms with Crippen molar-refractivity contribution >= 4 is 22.8 Å². The Balaban J connectivity index is 1.52. The average Bonchev–Trinajstić information content (AvgIpc) is 3.02. The minimum Gasteiger partial charge on any atom is -0.347 e. The number of nitrogens with one attached hydrogen (secondary N) is 3. The van der Waals surface area contributed by atoms with Gasteiger partial charge in [-0.3, -0.25) is 4.79 Å². The highest BCUT2D eigenvalue weighted by molar-refractivity contribution is 5.86. The van der Waals surface area contributed by atoms with E-state index in [1.54, 1.807) is 6.20 Å². The van der Waals surface area contributed by atoms with Gasteiger partial charge in [-0.05, 0) is 18.9 Å². The van der Waals surface area contributed by atoms with Crippen LogP contribution in [0.3, 0.4) is 0 Å². The number of amides is 1. The molecule has 0 unspecified atom stereocenters. The standard InChI is InChI=1S/C14H17F3N6O/c15-14(16,17)7-19-13(24)9-2-5-23(6-3-9)22-12-10-1-4-18-11(10)20-8-21-12/h1,4,8-9H,2-3,5-7H2,(H,19,24)(H2,18,20,21,22). The molecule has 0 radical (unpaired) electrons. The van der Waals surface area contributed by atoms with Gasteiger partial charge in [-0.15, -0.1) is 0 Å². The van der Waals surface area contributed by atoms with E-state index in [2.05, 4.69) is 20.4 Å². The lowest BCUT2D eigenvalue weighted by Crippen LogP contribution is -2.44. The lowest BCUT2D eigenvalue weighted by molar-refractivity contribution is -0.141. The molecule has 10 heteroatoms. The molecule has 1 aliphatic heterocycles. The number of piperidine rings is 1. The van der Waals surface area contributed by atoms with E-state index in [1.165, 1.54) is 6.33 Å². The normalized spacial score (nSPS) is 17.1. The van der Waals surface area contributed by atoms with Crippen LogP contribution in [0.2, 0.25) is 0 Å². The number of fused-ring (bicyclic) bond motifs is 1. The minimum atomic E-state index is -4.38. The topological polar surface area (TPSA) is 85.9 Å². The Labute approximate surface area is 135 Å². The van der Waals surface area contributed by atoms with E-state index in [4.69, 9.17) is 0 Å². The van der Waals surface area contributed by atoms with Crippen LogP contribution in [0.5, 0.6) is 0 Å². The van der Waals surface area contributed by atoms with Crippen molar-refractivity contribution in [3.8, 4) is 0 Å². The summed E-state index contributed by atoms with van der Waals surface area (Å²) in [5.41, 5.74) is 3.89. The molecular formula is C14H17F3N6O. The van der Waals surface area contributed by atoms with Crippen LogP contribution in [0.15, 0.2) is 18.6 Å². The molecule has 1 aliphatic rings. The summed E-state index contributed by atoms with van der Waals surface area (Å²) < 4.78 is 36.4. The van der Waals surface area contributed by atoms with Crippen LogP contribution in [0.1, 0.15) is 12.8 Å². The second-order valence-electron chi connectivity index (χ2n) is 5.67. The number of H-pyrrole nitrogens is 1. The number of aromatic amines is 1. The summed E-state index contributed by atoms with van der Waals surface area (Å²) >= 11 is 0. The second kappa shape index (κ2) is 6.63. The quantitative estimate of drug-likeness (QED) is 0.787. The highest BCUT2D eigenvalue weighted by atomic mass is 19.4. The van der Waals surface area contributed by atoms with Gasteiger partial charge < -0.3 is 15.7 Å². The third kappa shape index (κ3) is 3.94. The SMILES string of the molecule is O=C(NCC(F)(F)F)C1CCN(Nc2ncnc3[nH]ccc23)CC1. The molecule has 0 saturated carbocycles. The number of anilines is 1. The molecule has 1 fully saturated rings. The Morgan fingerprint density at radius 1 is 1.33 bits per heavy atom. The molecule has 2 aromatic rings. The number of carbonyl (C=O) groups is 1. The van der Waals surface area contributed by atoms with Gasteiger partial charge in [-0.25, -0.2) is 15.0 Å². The monoisotopic (exact) mass is 342 g/mol. The molecule has 1 amide bonds. The molecule has 3 heterocycles. The van der Waals surface area contributed by atoms with Gasteiger partial charge in [0, 0.05) is 25.2 Å². The summed E-state index contributed by atoms with van der Waals surface area (Å²) in [5, 5.41) is 4.70. The van der Waals surface area contributed by atoms with Crippen LogP contribution in [-0.2, 0) is 4.79 Å². The Morgan fingerprint density at radius 3 is 2.79 bits per heavy atom. The van der Waals surface area contributed by atoms with Gasteiger partial charge >= 0.3 is 6.18 Å². The van der Waals surface area contributed by atoms with E-state index >= 15 is 0 Å². The van der Waals surface area contributed by atoms with Crippen molar-refractivity contribution in [2.45, 2.75) is 19.0 Å². The molecule has 7 nitrogen and oxygen atoms in total. The Kier molecular flexibility index (Phi) is 4.56. The zero-order valence-corrected chi connectivity index (χ0v) is 12.7. The molecule has 3 rings (SSSR count). The van der Waals surface area contributed by atoms with Gasteiger partial charge in [0.25, 0.3) is 0 Å². The number of hydrogen-bond acceptors (Lipinski definition) is 5. The first-order valence-corrected chi connectivity index (χ1v) is 7.56. The van der Waals surface area contributed by atoms with Crippen LogP contribution >= 0.6 is 0 Å². The summed E-state index contributed by atoms with van der Waals surface area (Å²) in [6.45, 7) is -0.198. The summed E-state index contributed by atoms with van der Waals surface area (Å²) in [6, 6.07) is 1.86. The highest BCUT2D eigenvalue weighted by Gasteiger charge is 2.31. The van der Waals surface area contributed by atoms with Crippen molar-refractivity contribution in [1.29, 1.82) is 0 Å². The molecule has 1 saturated heterocycles. The molecule has 0 aliphatic carbocycles. The minimum absolute atomic E-state index is 0.400. The van der Waals surface area contributed by atoms with Crippen LogP contribution in [-0.4, -0.2) is 51.7 Å². The number of alkyl halides is 3. The summed E-state index contributed by atoms with van der Waals surface area (Å²) in [4.78, 5) is 23.1. The number of carbonyl (C=O) groups excluding carboxylic acids is 1. The van der Waals surface area contributed by atoms with E-state index in [1.807, 2.05) is 16.4 Å². The first-order chi connectivity index (χ1) is 11.4. The molecule has 3 N–H and O–H groups in total. The molecule has 130 valence electrons. The fourth-order valence-electron chi connectivity index (χ4n) is 2.70. The third-order valence-electron chi connectivity index (χ3n) is 3.95. The Bertz CT molecular complexity index is 708. The van der Waals surface area contributed by atoms with Gasteiger partial charge in [0.05, 0.1) is 5.39 Å². The molecule has 0 bridgehead atoms. The van der Waals surface area contributed by atoms with Crippen molar-refractivity contribution in [1.82, 2.24) is 25.3 Å². The molecular weight excluding hydrogens is 325 g/mol. The summed E-state index contributed by atoms with van der Waals surface area (Å²) in [7, 11) is 0. The maximum atomic E-state index is 12.1. The molecule has 0 spiro atoms. The smallest absolute Gasteiger partial charge is 0.347 e. The predicted octanol–water partition coefficient (Wildman–Crippen LogP) is 1.68. The number of hydrogen-bond donors (Lipinski definition) is 3. The van der Waals surface area contributed by atoms with E-state index in [0.29, 0.717) is 37.4 Å². The Morgan fingerprint density at radius 2 is 2.08 bits per heavy atom. The van der Waals surface area contributed by atoms with Gasteiger partial charge in [0.1, 0.15) is 18.5 Å². The van der Waals surface area contributed by atoms with Crippen molar-refractivity contribution in [3.63, 3.8) is 0 Å². The second-order valence-corrected chi connectivity index (χ2v) is 5.67. The van der Waals surface area contributed by atoms with Crippen molar-refractivity contribution < 1.29 is 18.0 Å². The van der Waals surface area contributed by atoms with Crippen LogP contribution in [0.4, 0.5) is 19.0 Å². The lowest BCUT2D eigenvalue weighted by Gasteiger charge is -2.31. The van der Waals surface area contributed by atoms with Gasteiger partial charge in [0.15, 0.2) is 5.82 Å². The maximum Gasteiger partial charge on any atom is 0.405 e. The lowest BCUT2D eigenvalue weighted by atomic mass is 9.97. The van der Waals surface area contributed by atoms with Gasteiger partial charge in [0.2, 0.25) is 5.91 Å². The summed E-state index contributed by atoms with van der Waals surface area (Å²) in [6.07, 6.45) is -0.205. The molecule has 24 heavy (non-hydrogen) atoms. The van der Waals surface area contributed by atoms with E-state index in [-0.39, 0.29) is 0 Å². The van der Waals surface area contributed by atoms with Crippen molar-refractivity contribution in [3.05, 3.63) is 18.6 Å². The molecule has 0 aromatic carbocycles. The van der Waals surface area contributed by atoms with Crippen LogP contribution in [0, 0.1) is 5.92 Å². The molecule has 0 atom stereocenters. The van der Waals surface area contributed by atoms with E-state index in [9.17, 15) is 18.0 Å². The first-order valence-electron chi connectivity index (χ1n) is 7.56. The number of aromatic nitrogens is 3. The zero-order chi connectivity index (χ0) is 17.2. The predicted molar refractivity (Wildman–Crippen MR) is 80.9 cm³/mol. The number of rotatable bonds is 4. The zero-order valence-electron chi connectivity index (χ0n) is 12.7. The summed E-state index contributed by atoms with van der Waals surface area (Å²) in [5.74, 6) is -0.286. The first kappa shape index (κ1) is 16.5. The van der Waals surface area contributed by atoms with E-state index in [0.717, 1.165) is 5.39 Å². The van der Waals surface area contributed by atoms with Gasteiger partial charge in [-0.1, -0.05) is 0 Å². The average molecular weight is 342 g/mol. The van der Waals surface area contributed by atoms with Crippen LogP contribution in [0.25, 0.3) is 11.0 Å². The van der Waals surface area contributed by atoms with E-state index < -0.39 is 24.5 Å². The fraction of sp³-hybridized carbons (Fsp3) is 0.500. The number of hydrazine groups is 1. The largest absolute Gasteiger partial charge is 0.405 e.